The van der Waals surface area contributed by atoms with Crippen LogP contribution in [0.5, 0.6) is 0 Å². The second kappa shape index (κ2) is 6.82. The van der Waals surface area contributed by atoms with Gasteiger partial charge in [0.1, 0.15) is 5.69 Å². The maximum absolute atomic E-state index is 12.7. The summed E-state index contributed by atoms with van der Waals surface area (Å²) in [7, 11) is 0. The number of H-pyrrole nitrogens is 2. The van der Waals surface area contributed by atoms with Gasteiger partial charge in [-0.2, -0.15) is 5.10 Å². The van der Waals surface area contributed by atoms with Gasteiger partial charge in [-0.15, -0.1) is 0 Å². The van der Waals surface area contributed by atoms with Crippen LogP contribution in [0.15, 0.2) is 35.1 Å². The van der Waals surface area contributed by atoms with E-state index >= 15 is 0 Å². The van der Waals surface area contributed by atoms with Crippen LogP contribution in [0.1, 0.15) is 48.4 Å². The summed E-state index contributed by atoms with van der Waals surface area (Å²) in [6.45, 7) is 3.36. The van der Waals surface area contributed by atoms with Crippen molar-refractivity contribution >= 4 is 16.9 Å². The Labute approximate surface area is 151 Å². The Morgan fingerprint density at radius 1 is 1.27 bits per heavy atom. The third kappa shape index (κ3) is 2.94. The highest BCUT2D eigenvalue weighted by atomic mass is 16.2. The molecular weight excluding hydrogens is 330 g/mol. The van der Waals surface area contributed by atoms with Crippen molar-refractivity contribution in [3.05, 3.63) is 52.2 Å². The Morgan fingerprint density at radius 3 is 2.81 bits per heavy atom. The number of hydrogen-bond acceptors (Lipinski definition) is 3. The van der Waals surface area contributed by atoms with Crippen molar-refractivity contribution in [1.82, 2.24) is 24.6 Å². The number of aromatic nitrogens is 4. The second-order valence-corrected chi connectivity index (χ2v) is 6.87. The molecule has 136 valence electrons. The van der Waals surface area contributed by atoms with Gasteiger partial charge in [-0.05, 0) is 37.5 Å². The van der Waals surface area contributed by atoms with Gasteiger partial charge in [0.2, 0.25) is 0 Å². The van der Waals surface area contributed by atoms with Crippen molar-refractivity contribution in [2.45, 2.75) is 38.6 Å². The zero-order valence-corrected chi connectivity index (χ0v) is 14.9. The number of para-hydroxylation sites is 2. The number of nitrogens with one attached hydrogen (secondary N) is 2. The smallest absolute Gasteiger partial charge is 0.326 e. The standard InChI is InChI=1S/C19H23N5O2/c1-2-5-13-12-16(22-21-13)18(25)23-10-8-14(9-11-23)24-17-7-4-3-6-15(17)20-19(24)26/h3-4,6-7,12,14H,2,5,8-11H2,1H3,(H,20,26)(H,21,22). The van der Waals surface area contributed by atoms with E-state index in [1.54, 1.807) is 0 Å². The number of imidazole rings is 1. The van der Waals surface area contributed by atoms with Crippen LogP contribution in [-0.4, -0.2) is 43.6 Å². The topological polar surface area (TPSA) is 86.8 Å². The maximum atomic E-state index is 12.7. The molecule has 0 unspecified atom stereocenters. The van der Waals surface area contributed by atoms with Gasteiger partial charge in [-0.1, -0.05) is 25.5 Å². The van der Waals surface area contributed by atoms with Crippen molar-refractivity contribution < 1.29 is 4.79 Å². The third-order valence-corrected chi connectivity index (χ3v) is 5.11. The molecule has 0 saturated carbocycles. The van der Waals surface area contributed by atoms with E-state index in [2.05, 4.69) is 22.1 Å². The monoisotopic (exact) mass is 353 g/mol. The van der Waals surface area contributed by atoms with E-state index in [4.69, 9.17) is 0 Å². The van der Waals surface area contributed by atoms with Crippen LogP contribution >= 0.6 is 0 Å². The lowest BCUT2D eigenvalue weighted by Crippen LogP contribution is -2.40. The molecule has 2 N–H and O–H groups in total. The molecule has 2 aromatic heterocycles. The van der Waals surface area contributed by atoms with Crippen LogP contribution < -0.4 is 5.69 Å². The summed E-state index contributed by atoms with van der Waals surface area (Å²) >= 11 is 0. The van der Waals surface area contributed by atoms with Crippen LogP contribution in [0.2, 0.25) is 0 Å². The fourth-order valence-electron chi connectivity index (χ4n) is 3.79. The summed E-state index contributed by atoms with van der Waals surface area (Å²) in [5, 5.41) is 7.10. The molecule has 26 heavy (non-hydrogen) atoms. The fourth-order valence-corrected chi connectivity index (χ4v) is 3.79. The molecule has 1 amide bonds. The molecular formula is C19H23N5O2. The van der Waals surface area contributed by atoms with Gasteiger partial charge < -0.3 is 9.88 Å². The average Bonchev–Trinajstić information content (AvgIpc) is 3.25. The molecule has 0 radical (unpaired) electrons. The lowest BCUT2D eigenvalue weighted by atomic mass is 10.0. The predicted octanol–water partition coefficient (Wildman–Crippen LogP) is 2.48. The van der Waals surface area contributed by atoms with Crippen molar-refractivity contribution in [2.24, 2.45) is 0 Å². The van der Waals surface area contributed by atoms with Gasteiger partial charge in [0.05, 0.1) is 11.0 Å². The van der Waals surface area contributed by atoms with Gasteiger partial charge in [-0.25, -0.2) is 4.79 Å². The number of amides is 1. The number of rotatable bonds is 4. The first-order chi connectivity index (χ1) is 12.7. The van der Waals surface area contributed by atoms with Gasteiger partial charge in [-0.3, -0.25) is 14.5 Å². The number of piperidine rings is 1. The largest absolute Gasteiger partial charge is 0.337 e. The summed E-state index contributed by atoms with van der Waals surface area (Å²) < 4.78 is 1.84. The van der Waals surface area contributed by atoms with Crippen molar-refractivity contribution in [3.8, 4) is 0 Å². The number of fused-ring (bicyclic) bond motifs is 1. The highest BCUT2D eigenvalue weighted by Crippen LogP contribution is 2.25. The van der Waals surface area contributed by atoms with Crippen molar-refractivity contribution in [1.29, 1.82) is 0 Å². The van der Waals surface area contributed by atoms with Crippen LogP contribution in [0.4, 0.5) is 0 Å². The van der Waals surface area contributed by atoms with E-state index in [1.807, 2.05) is 39.8 Å². The number of carbonyl (C=O) groups is 1. The summed E-state index contributed by atoms with van der Waals surface area (Å²) in [5.74, 6) is -0.0340. The number of aryl methyl sites for hydroxylation is 1. The molecule has 3 heterocycles. The van der Waals surface area contributed by atoms with Crippen molar-refractivity contribution in [2.75, 3.05) is 13.1 Å². The highest BCUT2D eigenvalue weighted by molar-refractivity contribution is 5.92. The SMILES string of the molecule is CCCc1cc(C(=O)N2CCC(n3c(=O)[nH]c4ccccc43)CC2)n[nH]1. The molecule has 7 heteroatoms. The predicted molar refractivity (Wildman–Crippen MR) is 99.3 cm³/mol. The van der Waals surface area contributed by atoms with Crippen LogP contribution in [0, 0.1) is 0 Å². The average molecular weight is 353 g/mol. The molecule has 1 aliphatic heterocycles. The maximum Gasteiger partial charge on any atom is 0.326 e. The normalized spacial score (nSPS) is 15.7. The summed E-state index contributed by atoms with van der Waals surface area (Å²) in [6, 6.07) is 9.69. The summed E-state index contributed by atoms with van der Waals surface area (Å²) in [6.07, 6.45) is 3.44. The first-order valence-electron chi connectivity index (χ1n) is 9.20. The molecule has 3 aromatic rings. The van der Waals surface area contributed by atoms with Crippen LogP contribution in [0.3, 0.4) is 0 Å². The number of hydrogen-bond donors (Lipinski definition) is 2. The fraction of sp³-hybridized carbons (Fsp3) is 0.421. The first-order valence-corrected chi connectivity index (χ1v) is 9.20. The van der Waals surface area contributed by atoms with E-state index in [9.17, 15) is 9.59 Å². The number of carbonyl (C=O) groups excluding carboxylic acids is 1. The van der Waals surface area contributed by atoms with E-state index in [-0.39, 0.29) is 17.6 Å². The molecule has 1 fully saturated rings. The third-order valence-electron chi connectivity index (χ3n) is 5.11. The van der Waals surface area contributed by atoms with Crippen LogP contribution in [0.25, 0.3) is 11.0 Å². The van der Waals surface area contributed by atoms with E-state index in [0.717, 1.165) is 42.4 Å². The first kappa shape index (κ1) is 16.6. The Morgan fingerprint density at radius 2 is 2.04 bits per heavy atom. The highest BCUT2D eigenvalue weighted by Gasteiger charge is 2.27. The molecule has 0 atom stereocenters. The van der Waals surface area contributed by atoms with Gasteiger partial charge in [0, 0.05) is 24.8 Å². The zero-order valence-electron chi connectivity index (χ0n) is 14.9. The minimum absolute atomic E-state index is 0.0340. The minimum Gasteiger partial charge on any atom is -0.337 e. The minimum atomic E-state index is -0.0764. The number of nitrogens with zero attached hydrogens (tertiary/aromatic N) is 3. The second-order valence-electron chi connectivity index (χ2n) is 6.87. The molecule has 4 rings (SSSR count). The van der Waals surface area contributed by atoms with Gasteiger partial charge in [0.15, 0.2) is 0 Å². The Hall–Kier alpha value is -2.83. The molecule has 7 nitrogen and oxygen atoms in total. The van der Waals surface area contributed by atoms with Crippen molar-refractivity contribution in [3.63, 3.8) is 0 Å². The number of benzene rings is 1. The van der Waals surface area contributed by atoms with E-state index in [1.165, 1.54) is 0 Å². The zero-order chi connectivity index (χ0) is 18.1. The molecule has 0 bridgehead atoms. The number of likely N-dealkylation sites (tertiary alicyclic amines) is 1. The molecule has 1 aliphatic rings. The molecule has 0 spiro atoms. The van der Waals surface area contributed by atoms with Gasteiger partial charge >= 0.3 is 5.69 Å². The summed E-state index contributed by atoms with van der Waals surface area (Å²) in [5.41, 5.74) is 3.19. The Kier molecular flexibility index (Phi) is 4.36. The number of aromatic amines is 2. The quantitative estimate of drug-likeness (QED) is 0.755. The summed E-state index contributed by atoms with van der Waals surface area (Å²) in [4.78, 5) is 29.8. The van der Waals surface area contributed by atoms with Gasteiger partial charge in [0.25, 0.3) is 5.91 Å². The van der Waals surface area contributed by atoms with Crippen LogP contribution in [-0.2, 0) is 6.42 Å². The molecule has 0 aliphatic carbocycles. The lowest BCUT2D eigenvalue weighted by Gasteiger charge is -2.32. The van der Waals surface area contributed by atoms with E-state index in [0.29, 0.717) is 18.8 Å². The lowest BCUT2D eigenvalue weighted by molar-refractivity contribution is 0.0689. The molecule has 1 aromatic carbocycles. The Bertz CT molecular complexity index is 975. The Balaban J connectivity index is 1.47. The van der Waals surface area contributed by atoms with E-state index < -0.39 is 0 Å². The molecule has 1 saturated heterocycles.